The Hall–Kier alpha value is -1.60. The van der Waals surface area contributed by atoms with Crippen molar-refractivity contribution in [2.24, 2.45) is 5.92 Å². The first-order chi connectivity index (χ1) is 10.5. The van der Waals surface area contributed by atoms with Gasteiger partial charge >= 0.3 is 5.97 Å². The molecule has 1 fully saturated rings. The number of hydrogen-bond acceptors (Lipinski definition) is 3. The van der Waals surface area contributed by atoms with Gasteiger partial charge in [0, 0.05) is 31.9 Å². The molecule has 1 aliphatic rings. The van der Waals surface area contributed by atoms with E-state index in [2.05, 4.69) is 5.10 Å². The maximum absolute atomic E-state index is 13.6. The summed E-state index contributed by atoms with van der Waals surface area (Å²) in [7, 11) is 0. The summed E-state index contributed by atoms with van der Waals surface area (Å²) in [6.07, 6.45) is -0.290. The van der Waals surface area contributed by atoms with Crippen molar-refractivity contribution in [3.63, 3.8) is 0 Å². The van der Waals surface area contributed by atoms with Crippen LogP contribution in [0.4, 0.5) is 17.6 Å². The van der Waals surface area contributed by atoms with Gasteiger partial charge in [-0.1, -0.05) is 0 Å². The van der Waals surface area contributed by atoms with Gasteiger partial charge < -0.3 is 4.74 Å². The summed E-state index contributed by atoms with van der Waals surface area (Å²) in [5, 5.41) is 3.82. The van der Waals surface area contributed by atoms with Gasteiger partial charge in [0.05, 0.1) is 6.61 Å². The molecule has 0 spiro atoms. The lowest BCUT2D eigenvalue weighted by atomic mass is 10.1. The van der Waals surface area contributed by atoms with E-state index < -0.39 is 29.4 Å². The Morgan fingerprint density at radius 3 is 2.61 bits per heavy atom. The number of ether oxygens (including phenoxy) is 1. The fraction of sp³-hybridized carbons (Fsp3) is 0.733. The van der Waals surface area contributed by atoms with Crippen molar-refractivity contribution < 1.29 is 27.1 Å². The van der Waals surface area contributed by atoms with Crippen LogP contribution < -0.4 is 0 Å². The summed E-state index contributed by atoms with van der Waals surface area (Å²) in [6, 6.07) is 0. The molecule has 130 valence electrons. The van der Waals surface area contributed by atoms with Gasteiger partial charge in [0.1, 0.15) is 11.4 Å². The number of nitrogens with zero attached hydrogens (tertiary/aromatic N) is 2. The van der Waals surface area contributed by atoms with E-state index in [-0.39, 0.29) is 43.7 Å². The molecule has 1 aromatic heterocycles. The van der Waals surface area contributed by atoms with Crippen molar-refractivity contribution in [3.05, 3.63) is 17.0 Å². The zero-order valence-electron chi connectivity index (χ0n) is 13.3. The van der Waals surface area contributed by atoms with E-state index in [0.717, 1.165) is 4.68 Å². The SMILES string of the molecule is CCOC(=O)c1c(C)c(C(C)(F)F)nn1CC1CCC(F)(F)C1. The Morgan fingerprint density at radius 2 is 2.13 bits per heavy atom. The lowest BCUT2D eigenvalue weighted by Crippen LogP contribution is -2.19. The van der Waals surface area contributed by atoms with Gasteiger partial charge in [0.25, 0.3) is 5.92 Å². The molecule has 23 heavy (non-hydrogen) atoms. The van der Waals surface area contributed by atoms with Gasteiger partial charge in [-0.25, -0.2) is 13.6 Å². The van der Waals surface area contributed by atoms with Crippen molar-refractivity contribution in [1.82, 2.24) is 9.78 Å². The molecule has 0 amide bonds. The fourth-order valence-corrected chi connectivity index (χ4v) is 3.00. The molecule has 1 aliphatic carbocycles. The third-order valence-electron chi connectivity index (χ3n) is 4.01. The minimum atomic E-state index is -3.23. The van der Waals surface area contributed by atoms with E-state index in [1.165, 1.54) is 6.92 Å². The number of halogens is 4. The average Bonchev–Trinajstić information content (AvgIpc) is 2.90. The number of hydrogen-bond donors (Lipinski definition) is 0. The normalized spacial score (nSPS) is 20.7. The monoisotopic (exact) mass is 336 g/mol. The number of carbonyl (C=O) groups is 1. The van der Waals surface area contributed by atoms with Crippen LogP contribution in [0.25, 0.3) is 0 Å². The topological polar surface area (TPSA) is 44.1 Å². The van der Waals surface area contributed by atoms with Gasteiger partial charge in [-0.15, -0.1) is 0 Å². The Kier molecular flexibility index (Phi) is 4.73. The molecule has 1 saturated carbocycles. The molecule has 0 aliphatic heterocycles. The molecule has 0 N–H and O–H groups in total. The van der Waals surface area contributed by atoms with Crippen molar-refractivity contribution in [3.8, 4) is 0 Å². The summed E-state index contributed by atoms with van der Waals surface area (Å²) in [6.45, 7) is 3.74. The summed E-state index contributed by atoms with van der Waals surface area (Å²) >= 11 is 0. The highest BCUT2D eigenvalue weighted by atomic mass is 19.3. The molecule has 0 aromatic carbocycles. The predicted molar refractivity (Wildman–Crippen MR) is 74.8 cm³/mol. The molecule has 4 nitrogen and oxygen atoms in total. The van der Waals surface area contributed by atoms with E-state index in [1.807, 2.05) is 0 Å². The quantitative estimate of drug-likeness (QED) is 0.605. The predicted octanol–water partition coefficient (Wildman–Crippen LogP) is 3.92. The molecule has 1 heterocycles. The van der Waals surface area contributed by atoms with Gasteiger partial charge in [-0.05, 0) is 26.2 Å². The summed E-state index contributed by atoms with van der Waals surface area (Å²) in [5.41, 5.74) is -0.579. The van der Waals surface area contributed by atoms with Crippen molar-refractivity contribution in [2.75, 3.05) is 6.61 Å². The zero-order valence-corrected chi connectivity index (χ0v) is 13.3. The second-order valence-electron chi connectivity index (χ2n) is 6.08. The molecule has 8 heteroatoms. The highest BCUT2D eigenvalue weighted by Crippen LogP contribution is 2.40. The van der Waals surface area contributed by atoms with E-state index >= 15 is 0 Å². The van der Waals surface area contributed by atoms with Gasteiger partial charge in [0.15, 0.2) is 0 Å². The maximum atomic E-state index is 13.6. The highest BCUT2D eigenvalue weighted by Gasteiger charge is 2.41. The van der Waals surface area contributed by atoms with E-state index in [1.54, 1.807) is 6.92 Å². The molecule has 1 aromatic rings. The smallest absolute Gasteiger partial charge is 0.356 e. The van der Waals surface area contributed by atoms with Crippen molar-refractivity contribution in [1.29, 1.82) is 0 Å². The van der Waals surface area contributed by atoms with E-state index in [9.17, 15) is 22.4 Å². The molecule has 0 saturated heterocycles. The first kappa shape index (κ1) is 17.7. The Balaban J connectivity index is 2.35. The number of carbonyl (C=O) groups excluding carboxylic acids is 1. The van der Waals surface area contributed by atoms with Crippen LogP contribution in [0, 0.1) is 12.8 Å². The van der Waals surface area contributed by atoms with Crippen LogP contribution in [-0.4, -0.2) is 28.3 Å². The molecular formula is C15H20F4N2O2. The molecule has 0 radical (unpaired) electrons. The third kappa shape index (κ3) is 3.84. The minimum Gasteiger partial charge on any atom is -0.461 e. The van der Waals surface area contributed by atoms with Gasteiger partial charge in [-0.2, -0.15) is 13.9 Å². The standard InChI is InChI=1S/C15H20F4N2O2/c1-4-23-13(22)11-9(2)12(14(3,16)17)20-21(11)8-10-5-6-15(18,19)7-10/h10H,4-8H2,1-3H3. The first-order valence-corrected chi connectivity index (χ1v) is 7.56. The van der Waals surface area contributed by atoms with Gasteiger partial charge in [-0.3, -0.25) is 4.68 Å². The van der Waals surface area contributed by atoms with Crippen LogP contribution in [-0.2, 0) is 17.2 Å². The van der Waals surface area contributed by atoms with Crippen LogP contribution >= 0.6 is 0 Å². The van der Waals surface area contributed by atoms with Crippen LogP contribution in [0.3, 0.4) is 0 Å². The molecule has 1 atom stereocenters. The maximum Gasteiger partial charge on any atom is 0.356 e. The summed E-state index contributed by atoms with van der Waals surface area (Å²) < 4.78 is 59.9. The summed E-state index contributed by atoms with van der Waals surface area (Å²) in [4.78, 5) is 12.1. The number of esters is 1. The van der Waals surface area contributed by atoms with E-state index in [0.29, 0.717) is 6.92 Å². The first-order valence-electron chi connectivity index (χ1n) is 7.56. The molecule has 0 bridgehead atoms. The van der Waals surface area contributed by atoms with Crippen LogP contribution in [0.1, 0.15) is 54.9 Å². The van der Waals surface area contributed by atoms with Crippen molar-refractivity contribution >= 4 is 5.97 Å². The summed E-state index contributed by atoms with van der Waals surface area (Å²) in [5.74, 6) is -7.14. The van der Waals surface area contributed by atoms with Crippen LogP contribution in [0.5, 0.6) is 0 Å². The Morgan fingerprint density at radius 1 is 1.48 bits per heavy atom. The largest absolute Gasteiger partial charge is 0.461 e. The van der Waals surface area contributed by atoms with Gasteiger partial charge in [0.2, 0.25) is 5.92 Å². The highest BCUT2D eigenvalue weighted by molar-refractivity contribution is 5.89. The third-order valence-corrected chi connectivity index (χ3v) is 4.01. The Bertz CT molecular complexity index is 593. The number of rotatable bonds is 5. The average molecular weight is 336 g/mol. The number of aromatic nitrogens is 2. The van der Waals surface area contributed by atoms with Crippen molar-refractivity contribution in [2.45, 2.75) is 58.4 Å². The molecular weight excluding hydrogens is 316 g/mol. The second-order valence-corrected chi connectivity index (χ2v) is 6.08. The second kappa shape index (κ2) is 6.13. The lowest BCUT2D eigenvalue weighted by Gasteiger charge is -2.13. The number of alkyl halides is 4. The lowest BCUT2D eigenvalue weighted by molar-refractivity contribution is 0.00343. The Labute approximate surface area is 131 Å². The zero-order chi connectivity index (χ0) is 17.4. The van der Waals surface area contributed by atoms with E-state index in [4.69, 9.17) is 4.74 Å². The minimum absolute atomic E-state index is 0.000652. The van der Waals surface area contributed by atoms with Crippen LogP contribution in [0.15, 0.2) is 0 Å². The van der Waals surface area contributed by atoms with Crippen LogP contribution in [0.2, 0.25) is 0 Å². The molecule has 2 rings (SSSR count). The fourth-order valence-electron chi connectivity index (χ4n) is 3.00. The molecule has 1 unspecified atom stereocenters.